The van der Waals surface area contributed by atoms with Crippen LogP contribution in [0.4, 0.5) is 17.1 Å². The van der Waals surface area contributed by atoms with Crippen LogP contribution in [0.15, 0.2) is 280 Å². The molecule has 0 aliphatic carbocycles. The highest BCUT2D eigenvalue weighted by Gasteiger charge is 2.33. The minimum atomic E-state index is -1.83. The lowest BCUT2D eigenvalue weighted by Gasteiger charge is -2.42. The van der Waals surface area contributed by atoms with Crippen LogP contribution in [0.2, 0.25) is 0 Å². The van der Waals surface area contributed by atoms with Crippen molar-refractivity contribution in [2.75, 3.05) is 4.90 Å². The minimum Gasteiger partial charge on any atom is -0.310 e. The number of hydrogen-bond acceptors (Lipinski definition) is 1. The van der Waals surface area contributed by atoms with Crippen LogP contribution < -0.4 is 4.90 Å². The van der Waals surface area contributed by atoms with Gasteiger partial charge in [0.05, 0.1) is 5.69 Å². The quantitative estimate of drug-likeness (QED) is 0.133. The molecule has 60 heavy (non-hydrogen) atoms. The van der Waals surface area contributed by atoms with E-state index in [1.54, 1.807) is 0 Å². The van der Waals surface area contributed by atoms with E-state index in [4.69, 9.17) is 0 Å². The Kier molecular flexibility index (Phi) is 10.1. The van der Waals surface area contributed by atoms with Gasteiger partial charge in [-0.1, -0.05) is 182 Å². The van der Waals surface area contributed by atoms with Crippen LogP contribution in [-0.4, -0.2) is 0 Å². The second kappa shape index (κ2) is 16.5. The second-order valence-corrected chi connectivity index (χ2v) is 18.0. The van der Waals surface area contributed by atoms with Gasteiger partial charge in [0.1, 0.15) is 0 Å². The van der Waals surface area contributed by atoms with Gasteiger partial charge in [-0.3, -0.25) is 0 Å². The molecular formula is C58H43NS. The molecule has 10 aromatic carbocycles. The van der Waals surface area contributed by atoms with Crippen LogP contribution in [-0.2, 0) is 0 Å². The van der Waals surface area contributed by atoms with E-state index >= 15 is 0 Å². The highest BCUT2D eigenvalue weighted by Crippen LogP contribution is 2.73. The lowest BCUT2D eigenvalue weighted by molar-refractivity contribution is 1.23. The third-order valence-corrected chi connectivity index (χ3v) is 15.3. The molecule has 0 radical (unpaired) electrons. The van der Waals surface area contributed by atoms with Gasteiger partial charge in [-0.2, -0.15) is 0 Å². The smallest absolute Gasteiger partial charge is 0.0540 e. The Morgan fingerprint density at radius 2 is 0.567 bits per heavy atom. The molecule has 0 spiro atoms. The highest BCUT2D eigenvalue weighted by molar-refractivity contribution is 8.34. The molecule has 0 saturated heterocycles. The summed E-state index contributed by atoms with van der Waals surface area (Å²) in [4.78, 5) is 7.63. The maximum Gasteiger partial charge on any atom is 0.0540 e. The topological polar surface area (TPSA) is 3.24 Å². The predicted octanol–water partition coefficient (Wildman–Crippen LogP) is 16.7. The van der Waals surface area contributed by atoms with Crippen LogP contribution >= 0.6 is 10.0 Å². The van der Waals surface area contributed by atoms with Crippen LogP contribution in [0, 0.1) is 0 Å². The summed E-state index contributed by atoms with van der Waals surface area (Å²) in [6, 6.07) is 95.1. The SMILES string of the molecule is c1ccc(-c2ccc(-c3ccc(N(c4ccc(S(c5ccccc5)(c5ccccc5)c5ccccc5)cc4)c4ccc(-c5ccccc5)c5ccccc45)cc3)cc2)cc1. The fourth-order valence-electron chi connectivity index (χ4n) is 8.55. The first-order valence-corrected chi connectivity index (χ1v) is 22.1. The summed E-state index contributed by atoms with van der Waals surface area (Å²) in [5.41, 5.74) is 10.6. The Hall–Kier alpha value is -7.39. The monoisotopic (exact) mass is 785 g/mol. The van der Waals surface area contributed by atoms with E-state index in [0.29, 0.717) is 0 Å². The van der Waals surface area contributed by atoms with E-state index in [0.717, 1.165) is 17.1 Å². The Morgan fingerprint density at radius 3 is 1.03 bits per heavy atom. The normalized spacial score (nSPS) is 11.6. The molecule has 0 fully saturated rings. The lowest BCUT2D eigenvalue weighted by Crippen LogP contribution is -2.11. The van der Waals surface area contributed by atoms with Gasteiger partial charge >= 0.3 is 0 Å². The molecule has 0 N–H and O–H groups in total. The zero-order valence-electron chi connectivity index (χ0n) is 33.2. The molecule has 0 bridgehead atoms. The summed E-state index contributed by atoms with van der Waals surface area (Å²) < 4.78 is 0. The van der Waals surface area contributed by atoms with Gasteiger partial charge in [0.25, 0.3) is 0 Å². The van der Waals surface area contributed by atoms with Gasteiger partial charge in [0.2, 0.25) is 0 Å². The zero-order valence-corrected chi connectivity index (χ0v) is 34.0. The molecule has 10 rings (SSSR count). The third-order valence-electron chi connectivity index (χ3n) is 11.4. The maximum absolute atomic E-state index is 2.42. The van der Waals surface area contributed by atoms with Crippen molar-refractivity contribution in [2.24, 2.45) is 0 Å². The van der Waals surface area contributed by atoms with E-state index in [2.05, 4.69) is 266 Å². The van der Waals surface area contributed by atoms with Crippen LogP contribution in [0.25, 0.3) is 44.2 Å². The molecular weight excluding hydrogens is 743 g/mol. The molecule has 0 amide bonds. The molecule has 0 saturated carbocycles. The van der Waals surface area contributed by atoms with E-state index in [1.807, 2.05) is 0 Å². The van der Waals surface area contributed by atoms with Gasteiger partial charge in [0, 0.05) is 36.3 Å². The number of benzene rings is 10. The summed E-state index contributed by atoms with van der Waals surface area (Å²) in [6.45, 7) is 0. The van der Waals surface area contributed by atoms with Gasteiger partial charge < -0.3 is 4.90 Å². The van der Waals surface area contributed by atoms with Crippen LogP contribution in [0.1, 0.15) is 0 Å². The van der Waals surface area contributed by atoms with Gasteiger partial charge in [-0.25, -0.2) is 0 Å². The number of anilines is 3. The van der Waals surface area contributed by atoms with E-state index in [-0.39, 0.29) is 0 Å². The second-order valence-electron chi connectivity index (χ2n) is 14.9. The lowest BCUT2D eigenvalue weighted by atomic mass is 9.96. The predicted molar refractivity (Wildman–Crippen MR) is 255 cm³/mol. The fraction of sp³-hybridized carbons (Fsp3) is 0. The molecule has 10 aromatic rings. The first-order chi connectivity index (χ1) is 29.8. The van der Waals surface area contributed by atoms with Crippen molar-refractivity contribution in [2.45, 2.75) is 19.6 Å². The highest BCUT2D eigenvalue weighted by atomic mass is 32.3. The van der Waals surface area contributed by atoms with Crippen LogP contribution in [0.5, 0.6) is 0 Å². The van der Waals surface area contributed by atoms with Gasteiger partial charge in [0.15, 0.2) is 0 Å². The van der Waals surface area contributed by atoms with Crippen molar-refractivity contribution in [3.63, 3.8) is 0 Å². The number of fused-ring (bicyclic) bond motifs is 1. The molecule has 2 heteroatoms. The third kappa shape index (κ3) is 6.87. The first-order valence-electron chi connectivity index (χ1n) is 20.5. The minimum absolute atomic E-state index is 1.10. The fourth-order valence-corrected chi connectivity index (χ4v) is 12.4. The number of rotatable bonds is 10. The van der Waals surface area contributed by atoms with E-state index in [1.165, 1.54) is 63.7 Å². The summed E-state index contributed by atoms with van der Waals surface area (Å²) in [5.74, 6) is 0. The number of nitrogens with zero attached hydrogens (tertiary/aromatic N) is 1. The van der Waals surface area contributed by atoms with Crippen molar-refractivity contribution in [3.8, 4) is 33.4 Å². The molecule has 0 aliphatic heterocycles. The Bertz CT molecular complexity index is 2870. The molecule has 286 valence electrons. The standard InChI is InChI=1S/C58H43NS/c1-6-18-44(19-7-1)45-30-32-46(33-31-45)47-34-36-49(37-35-47)59(58-43-42-55(48-20-8-2-9-21-48)56-28-16-17-29-57(56)58)50-38-40-54(41-39-50)60(51-22-10-3-11-23-51,52-24-12-4-13-25-52)53-26-14-5-15-27-53/h1-43H. The van der Waals surface area contributed by atoms with Crippen molar-refractivity contribution in [3.05, 3.63) is 261 Å². The summed E-state index contributed by atoms with van der Waals surface area (Å²) in [7, 11) is -1.83. The summed E-state index contributed by atoms with van der Waals surface area (Å²) in [6.07, 6.45) is 0. The Labute approximate surface area is 354 Å². The van der Waals surface area contributed by atoms with Gasteiger partial charge in [-0.05, 0) is 118 Å². The van der Waals surface area contributed by atoms with Crippen LogP contribution in [0.3, 0.4) is 0 Å². The molecule has 0 aromatic heterocycles. The van der Waals surface area contributed by atoms with Crippen molar-refractivity contribution in [1.29, 1.82) is 0 Å². The molecule has 0 atom stereocenters. The van der Waals surface area contributed by atoms with Crippen molar-refractivity contribution < 1.29 is 0 Å². The van der Waals surface area contributed by atoms with E-state index < -0.39 is 10.0 Å². The summed E-state index contributed by atoms with van der Waals surface area (Å²) in [5, 5.41) is 2.42. The average Bonchev–Trinajstić information content (AvgIpc) is 3.34. The zero-order chi connectivity index (χ0) is 40.1. The summed E-state index contributed by atoms with van der Waals surface area (Å²) >= 11 is 0. The average molecular weight is 786 g/mol. The Balaban J connectivity index is 1.12. The maximum atomic E-state index is 2.42. The molecule has 0 aliphatic rings. The largest absolute Gasteiger partial charge is 0.310 e. The van der Waals surface area contributed by atoms with Crippen molar-refractivity contribution >= 4 is 37.9 Å². The van der Waals surface area contributed by atoms with E-state index in [9.17, 15) is 0 Å². The molecule has 0 heterocycles. The van der Waals surface area contributed by atoms with Gasteiger partial charge in [-0.15, -0.1) is 10.0 Å². The number of hydrogen-bond donors (Lipinski definition) is 0. The molecule has 1 nitrogen and oxygen atoms in total. The molecule has 0 unspecified atom stereocenters. The van der Waals surface area contributed by atoms with Crippen molar-refractivity contribution in [1.82, 2.24) is 0 Å². The first kappa shape index (κ1) is 36.9. The Morgan fingerprint density at radius 1 is 0.233 bits per heavy atom.